The highest BCUT2D eigenvalue weighted by molar-refractivity contribution is 6.06. The minimum atomic E-state index is -0.269. The summed E-state index contributed by atoms with van der Waals surface area (Å²) in [6, 6.07) is 14.0. The van der Waals surface area contributed by atoms with Gasteiger partial charge >= 0.3 is 0 Å². The number of carbonyl (C=O) groups excluding carboxylic acids is 2. The van der Waals surface area contributed by atoms with Crippen molar-refractivity contribution < 1.29 is 14.3 Å². The van der Waals surface area contributed by atoms with Gasteiger partial charge in [0, 0.05) is 18.3 Å². The lowest BCUT2D eigenvalue weighted by Gasteiger charge is -2.13. The monoisotopic (exact) mass is 340 g/mol. The van der Waals surface area contributed by atoms with Gasteiger partial charge in [0.1, 0.15) is 5.75 Å². The third kappa shape index (κ3) is 5.35. The first-order valence-electron chi connectivity index (χ1n) is 8.36. The Morgan fingerprint density at radius 3 is 2.52 bits per heavy atom. The number of rotatable bonds is 7. The fourth-order valence-corrected chi connectivity index (χ4v) is 2.27. The Hall–Kier alpha value is -2.82. The number of hydrogen-bond donors (Lipinski definition) is 2. The quantitative estimate of drug-likeness (QED) is 0.807. The summed E-state index contributed by atoms with van der Waals surface area (Å²) in [5, 5.41) is 5.38. The van der Waals surface area contributed by atoms with Crippen LogP contribution < -0.4 is 15.4 Å². The van der Waals surface area contributed by atoms with E-state index in [0.717, 1.165) is 6.42 Å². The van der Waals surface area contributed by atoms with Crippen molar-refractivity contribution in [1.82, 2.24) is 5.32 Å². The summed E-state index contributed by atoms with van der Waals surface area (Å²) in [6.45, 7) is 4.82. The first-order chi connectivity index (χ1) is 12.0. The number of anilines is 1. The van der Waals surface area contributed by atoms with Gasteiger partial charge in [-0.3, -0.25) is 9.59 Å². The molecule has 2 aromatic rings. The zero-order valence-electron chi connectivity index (χ0n) is 14.8. The van der Waals surface area contributed by atoms with Crippen molar-refractivity contribution in [1.29, 1.82) is 0 Å². The molecular weight excluding hydrogens is 316 g/mol. The number of hydrogen-bond acceptors (Lipinski definition) is 3. The molecule has 0 aromatic heterocycles. The Morgan fingerprint density at radius 2 is 1.80 bits per heavy atom. The number of amides is 2. The minimum Gasteiger partial charge on any atom is -0.493 e. The number of para-hydroxylation sites is 1. The van der Waals surface area contributed by atoms with Crippen LogP contribution in [-0.4, -0.2) is 25.5 Å². The molecule has 0 aliphatic carbocycles. The van der Waals surface area contributed by atoms with E-state index in [4.69, 9.17) is 4.74 Å². The van der Waals surface area contributed by atoms with E-state index in [1.165, 1.54) is 0 Å². The summed E-state index contributed by atoms with van der Waals surface area (Å²) >= 11 is 0. The van der Waals surface area contributed by atoms with Crippen molar-refractivity contribution in [3.8, 4) is 5.75 Å². The Labute approximate surface area is 148 Å². The van der Waals surface area contributed by atoms with Gasteiger partial charge in [-0.25, -0.2) is 0 Å². The molecule has 25 heavy (non-hydrogen) atoms. The van der Waals surface area contributed by atoms with Crippen molar-refractivity contribution >= 4 is 17.5 Å². The predicted molar refractivity (Wildman–Crippen MR) is 99.2 cm³/mol. The summed E-state index contributed by atoms with van der Waals surface area (Å²) in [4.78, 5) is 24.3. The van der Waals surface area contributed by atoms with Crippen LogP contribution in [0.25, 0.3) is 0 Å². The van der Waals surface area contributed by atoms with Crippen LogP contribution in [0.2, 0.25) is 0 Å². The van der Waals surface area contributed by atoms with E-state index in [1.54, 1.807) is 49.5 Å². The van der Waals surface area contributed by atoms with E-state index in [2.05, 4.69) is 24.5 Å². The lowest BCUT2D eigenvalue weighted by atomic mass is 10.1. The Morgan fingerprint density at radius 1 is 1.04 bits per heavy atom. The molecule has 0 atom stereocenters. The average Bonchev–Trinajstić information content (AvgIpc) is 2.61. The molecule has 0 radical (unpaired) electrons. The molecule has 2 amide bonds. The zero-order chi connectivity index (χ0) is 18.2. The van der Waals surface area contributed by atoms with Crippen LogP contribution in [0.15, 0.2) is 48.5 Å². The van der Waals surface area contributed by atoms with Gasteiger partial charge in [-0.2, -0.15) is 0 Å². The average molecular weight is 340 g/mol. The summed E-state index contributed by atoms with van der Waals surface area (Å²) in [5.41, 5.74) is 1.52. The first kappa shape index (κ1) is 18.5. The molecule has 0 saturated carbocycles. The molecule has 2 aromatic carbocycles. The predicted octanol–water partition coefficient (Wildman–Crippen LogP) is 3.72. The smallest absolute Gasteiger partial charge is 0.259 e. The van der Waals surface area contributed by atoms with Crippen molar-refractivity contribution in [3.63, 3.8) is 0 Å². The van der Waals surface area contributed by atoms with Gasteiger partial charge in [0.25, 0.3) is 11.8 Å². The SMILES string of the molecule is CNC(=O)c1cccc(NC(=O)c2ccccc2OCCC(C)C)c1. The molecule has 0 aliphatic heterocycles. The summed E-state index contributed by atoms with van der Waals surface area (Å²) in [5.74, 6) is 0.624. The molecule has 132 valence electrons. The lowest BCUT2D eigenvalue weighted by Crippen LogP contribution is -2.18. The maximum Gasteiger partial charge on any atom is 0.259 e. The second kappa shape index (κ2) is 8.87. The van der Waals surface area contributed by atoms with E-state index in [1.807, 2.05) is 6.07 Å². The fraction of sp³-hybridized carbons (Fsp3) is 0.300. The standard InChI is InChI=1S/C20H24N2O3/c1-14(2)11-12-25-18-10-5-4-9-17(18)20(24)22-16-8-6-7-15(13-16)19(23)21-3/h4-10,13-14H,11-12H2,1-3H3,(H,21,23)(H,22,24). The van der Waals surface area contributed by atoms with E-state index in [9.17, 15) is 9.59 Å². The molecule has 0 unspecified atom stereocenters. The maximum atomic E-state index is 12.6. The molecule has 5 nitrogen and oxygen atoms in total. The van der Waals surface area contributed by atoms with Crippen molar-refractivity contribution in [2.24, 2.45) is 5.92 Å². The van der Waals surface area contributed by atoms with Gasteiger partial charge in [-0.1, -0.05) is 32.0 Å². The molecule has 0 bridgehead atoms. The second-order valence-electron chi connectivity index (χ2n) is 6.14. The summed E-state index contributed by atoms with van der Waals surface area (Å²) < 4.78 is 5.76. The van der Waals surface area contributed by atoms with Gasteiger partial charge in [-0.15, -0.1) is 0 Å². The van der Waals surface area contributed by atoms with Gasteiger partial charge in [0.2, 0.25) is 0 Å². The molecule has 0 fully saturated rings. The van der Waals surface area contributed by atoms with Crippen LogP contribution in [0.5, 0.6) is 5.75 Å². The number of carbonyl (C=O) groups is 2. The van der Waals surface area contributed by atoms with Crippen LogP contribution >= 0.6 is 0 Å². The van der Waals surface area contributed by atoms with Crippen molar-refractivity contribution in [2.75, 3.05) is 19.0 Å². The van der Waals surface area contributed by atoms with Gasteiger partial charge in [-0.05, 0) is 42.7 Å². The highest BCUT2D eigenvalue weighted by Crippen LogP contribution is 2.21. The topological polar surface area (TPSA) is 67.4 Å². The first-order valence-corrected chi connectivity index (χ1v) is 8.36. The number of ether oxygens (including phenoxy) is 1. The third-order valence-corrected chi connectivity index (χ3v) is 3.69. The number of nitrogens with one attached hydrogen (secondary N) is 2. The summed E-state index contributed by atoms with van der Waals surface area (Å²) in [6.07, 6.45) is 0.921. The zero-order valence-corrected chi connectivity index (χ0v) is 14.8. The molecule has 2 rings (SSSR count). The highest BCUT2D eigenvalue weighted by atomic mass is 16.5. The lowest BCUT2D eigenvalue weighted by molar-refractivity contribution is 0.0961. The molecule has 2 N–H and O–H groups in total. The van der Waals surface area contributed by atoms with Crippen LogP contribution in [0.4, 0.5) is 5.69 Å². The van der Waals surface area contributed by atoms with Crippen molar-refractivity contribution in [2.45, 2.75) is 20.3 Å². The van der Waals surface area contributed by atoms with Crippen LogP contribution in [-0.2, 0) is 0 Å². The van der Waals surface area contributed by atoms with E-state index >= 15 is 0 Å². The van der Waals surface area contributed by atoms with Crippen molar-refractivity contribution in [3.05, 3.63) is 59.7 Å². The fourth-order valence-electron chi connectivity index (χ4n) is 2.27. The van der Waals surface area contributed by atoms with Crippen LogP contribution in [0.1, 0.15) is 41.0 Å². The Kier molecular flexibility index (Phi) is 6.57. The molecule has 0 aliphatic rings. The Balaban J connectivity index is 2.12. The number of benzene rings is 2. The Bertz CT molecular complexity index is 741. The molecule has 0 saturated heterocycles. The molecule has 0 heterocycles. The molecular formula is C20H24N2O3. The summed E-state index contributed by atoms with van der Waals surface area (Å²) in [7, 11) is 1.57. The van der Waals surface area contributed by atoms with Gasteiger partial charge < -0.3 is 15.4 Å². The van der Waals surface area contributed by atoms with Gasteiger partial charge in [0.05, 0.1) is 12.2 Å². The second-order valence-corrected chi connectivity index (χ2v) is 6.14. The highest BCUT2D eigenvalue weighted by Gasteiger charge is 2.13. The minimum absolute atomic E-state index is 0.200. The van der Waals surface area contributed by atoms with E-state index in [-0.39, 0.29) is 11.8 Å². The molecule has 5 heteroatoms. The van der Waals surface area contributed by atoms with E-state index < -0.39 is 0 Å². The van der Waals surface area contributed by atoms with E-state index in [0.29, 0.717) is 35.1 Å². The molecule has 0 spiro atoms. The third-order valence-electron chi connectivity index (χ3n) is 3.69. The maximum absolute atomic E-state index is 12.6. The van der Waals surface area contributed by atoms with Crippen LogP contribution in [0, 0.1) is 5.92 Å². The normalized spacial score (nSPS) is 10.4. The van der Waals surface area contributed by atoms with Crippen LogP contribution in [0.3, 0.4) is 0 Å². The largest absolute Gasteiger partial charge is 0.493 e. The van der Waals surface area contributed by atoms with Gasteiger partial charge in [0.15, 0.2) is 0 Å².